The summed E-state index contributed by atoms with van der Waals surface area (Å²) < 4.78 is 0.908. The van der Waals surface area contributed by atoms with Gasteiger partial charge in [-0.1, -0.05) is 11.6 Å². The monoisotopic (exact) mass is 325 g/mol. The molecule has 5 nitrogen and oxygen atoms in total. The Bertz CT molecular complexity index is 684. The maximum atomic E-state index is 12.1. The van der Waals surface area contributed by atoms with Crippen LogP contribution in [0.3, 0.4) is 0 Å². The molecule has 0 saturated carbocycles. The Kier molecular flexibility index (Phi) is 5.03. The molecule has 0 spiro atoms. The first kappa shape index (κ1) is 15.6. The third-order valence-corrected chi connectivity index (χ3v) is 4.33. The van der Waals surface area contributed by atoms with Gasteiger partial charge in [0.25, 0.3) is 5.91 Å². The summed E-state index contributed by atoms with van der Waals surface area (Å²) in [6.45, 7) is 2.70. The fraction of sp³-hybridized carbons (Fsp3) is 0.286. The molecular weight excluding hydrogens is 310 g/mol. The number of hydrogen-bond donors (Lipinski definition) is 3. The first-order chi connectivity index (χ1) is 10.0. The molecule has 1 aromatic carbocycles. The Morgan fingerprint density at radius 2 is 2.10 bits per heavy atom. The molecule has 21 heavy (non-hydrogen) atoms. The van der Waals surface area contributed by atoms with E-state index in [0.29, 0.717) is 22.1 Å². The normalized spacial score (nSPS) is 10.6. The van der Waals surface area contributed by atoms with Gasteiger partial charge >= 0.3 is 0 Å². The van der Waals surface area contributed by atoms with Crippen molar-refractivity contribution in [2.75, 3.05) is 18.8 Å². The van der Waals surface area contributed by atoms with Crippen molar-refractivity contribution in [2.45, 2.75) is 13.3 Å². The first-order valence-electron chi connectivity index (χ1n) is 6.55. The minimum atomic E-state index is -0.269. The van der Waals surface area contributed by atoms with Crippen molar-refractivity contribution in [1.82, 2.24) is 10.6 Å². The summed E-state index contributed by atoms with van der Waals surface area (Å²) in [5.74, 6) is -0.358. The smallest absolute Gasteiger partial charge is 0.263 e. The van der Waals surface area contributed by atoms with Crippen molar-refractivity contribution in [1.29, 1.82) is 0 Å². The van der Waals surface area contributed by atoms with Crippen LogP contribution in [0.15, 0.2) is 18.2 Å². The summed E-state index contributed by atoms with van der Waals surface area (Å²) in [7, 11) is 0. The first-order valence-corrected chi connectivity index (χ1v) is 7.74. The highest BCUT2D eigenvalue weighted by Gasteiger charge is 2.16. The summed E-state index contributed by atoms with van der Waals surface area (Å²) in [6, 6.07) is 5.34. The number of thiophene rings is 1. The molecule has 0 unspecified atom stereocenters. The predicted octanol–water partition coefficient (Wildman–Crippen LogP) is 2.39. The van der Waals surface area contributed by atoms with Crippen LogP contribution >= 0.6 is 22.9 Å². The van der Waals surface area contributed by atoms with Crippen molar-refractivity contribution >= 4 is 50.5 Å². The van der Waals surface area contributed by atoms with Gasteiger partial charge in [-0.15, -0.1) is 11.3 Å². The molecule has 0 aliphatic rings. The Hall–Kier alpha value is -1.79. The quantitative estimate of drug-likeness (QED) is 0.789. The molecule has 112 valence electrons. The number of carbonyl (C=O) groups is 2. The molecule has 2 amide bonds. The van der Waals surface area contributed by atoms with E-state index in [9.17, 15) is 9.59 Å². The second kappa shape index (κ2) is 6.78. The molecule has 0 fully saturated rings. The number of nitrogen functional groups attached to an aromatic ring is 1. The Morgan fingerprint density at radius 3 is 2.81 bits per heavy atom. The zero-order valence-corrected chi connectivity index (χ0v) is 13.1. The van der Waals surface area contributed by atoms with Gasteiger partial charge in [-0.2, -0.15) is 0 Å². The van der Waals surface area contributed by atoms with E-state index in [2.05, 4.69) is 10.6 Å². The number of benzene rings is 1. The average molecular weight is 326 g/mol. The van der Waals surface area contributed by atoms with Crippen LogP contribution < -0.4 is 16.4 Å². The van der Waals surface area contributed by atoms with Crippen molar-refractivity contribution in [3.63, 3.8) is 0 Å². The minimum absolute atomic E-state index is 0.0890. The summed E-state index contributed by atoms with van der Waals surface area (Å²) >= 11 is 7.25. The van der Waals surface area contributed by atoms with Crippen molar-refractivity contribution in [3.8, 4) is 0 Å². The second-order valence-corrected chi connectivity index (χ2v) is 5.93. The second-order valence-electron chi connectivity index (χ2n) is 4.44. The molecule has 4 N–H and O–H groups in total. The molecule has 0 atom stereocenters. The molecule has 0 aliphatic carbocycles. The highest BCUT2D eigenvalue weighted by atomic mass is 35.5. The number of halogens is 1. The van der Waals surface area contributed by atoms with E-state index in [0.717, 1.165) is 10.1 Å². The van der Waals surface area contributed by atoms with Gasteiger partial charge in [-0.05, 0) is 25.1 Å². The maximum absolute atomic E-state index is 12.1. The van der Waals surface area contributed by atoms with Crippen molar-refractivity contribution < 1.29 is 9.59 Å². The Morgan fingerprint density at radius 1 is 1.33 bits per heavy atom. The van der Waals surface area contributed by atoms with Gasteiger partial charge in [-0.25, -0.2) is 0 Å². The van der Waals surface area contributed by atoms with Crippen LogP contribution in [-0.2, 0) is 4.79 Å². The van der Waals surface area contributed by atoms with Crippen LogP contribution in [0.25, 0.3) is 10.1 Å². The van der Waals surface area contributed by atoms with Gasteiger partial charge in [0.05, 0.1) is 5.69 Å². The summed E-state index contributed by atoms with van der Waals surface area (Å²) in [6.07, 6.45) is 0.246. The number of amides is 2. The van der Waals surface area contributed by atoms with E-state index in [1.807, 2.05) is 13.0 Å². The number of rotatable bonds is 5. The molecule has 1 heterocycles. The molecule has 1 aromatic heterocycles. The molecule has 2 rings (SSSR count). The molecule has 2 aromatic rings. The van der Waals surface area contributed by atoms with E-state index < -0.39 is 0 Å². The molecule has 0 saturated heterocycles. The van der Waals surface area contributed by atoms with E-state index >= 15 is 0 Å². The molecule has 7 heteroatoms. The minimum Gasteiger partial charge on any atom is -0.397 e. The van der Waals surface area contributed by atoms with Crippen LogP contribution in [-0.4, -0.2) is 24.9 Å². The number of nitrogens with one attached hydrogen (secondary N) is 2. The SMILES string of the molecule is CCNC(=O)CCNC(=O)c1sc2ccc(Cl)cc2c1N. The average Bonchev–Trinajstić information content (AvgIpc) is 2.76. The van der Waals surface area contributed by atoms with E-state index in [4.69, 9.17) is 17.3 Å². The third-order valence-electron chi connectivity index (χ3n) is 2.91. The summed E-state index contributed by atoms with van der Waals surface area (Å²) in [4.78, 5) is 23.9. The fourth-order valence-electron chi connectivity index (χ4n) is 1.91. The number of anilines is 1. The van der Waals surface area contributed by atoms with Crippen LogP contribution in [0, 0.1) is 0 Å². The van der Waals surface area contributed by atoms with Crippen molar-refractivity contribution in [3.05, 3.63) is 28.1 Å². The largest absolute Gasteiger partial charge is 0.397 e. The fourth-order valence-corrected chi connectivity index (χ4v) is 3.10. The van der Waals surface area contributed by atoms with E-state index in [1.165, 1.54) is 11.3 Å². The highest BCUT2D eigenvalue weighted by Crippen LogP contribution is 2.35. The maximum Gasteiger partial charge on any atom is 0.263 e. The Labute approximate surface area is 131 Å². The molecule has 0 aliphatic heterocycles. The zero-order valence-electron chi connectivity index (χ0n) is 11.5. The molecule has 0 radical (unpaired) electrons. The van der Waals surface area contributed by atoms with Gasteiger partial charge in [0.1, 0.15) is 4.88 Å². The standard InChI is InChI=1S/C14H16ClN3O2S/c1-2-17-11(19)5-6-18-14(20)13-12(16)9-7-8(15)3-4-10(9)21-13/h3-4,7H,2,5-6,16H2,1H3,(H,17,19)(H,18,20). The lowest BCUT2D eigenvalue weighted by atomic mass is 10.2. The number of hydrogen-bond acceptors (Lipinski definition) is 4. The number of fused-ring (bicyclic) bond motifs is 1. The van der Waals surface area contributed by atoms with Crippen LogP contribution in [0.2, 0.25) is 5.02 Å². The number of nitrogens with two attached hydrogens (primary N) is 1. The lowest BCUT2D eigenvalue weighted by Crippen LogP contribution is -2.30. The highest BCUT2D eigenvalue weighted by molar-refractivity contribution is 7.21. The van der Waals surface area contributed by atoms with E-state index in [-0.39, 0.29) is 24.8 Å². The predicted molar refractivity (Wildman–Crippen MR) is 86.9 cm³/mol. The van der Waals surface area contributed by atoms with Gasteiger partial charge < -0.3 is 16.4 Å². The summed E-state index contributed by atoms with van der Waals surface area (Å²) in [5, 5.41) is 6.73. The molecule has 0 bridgehead atoms. The summed E-state index contributed by atoms with van der Waals surface area (Å²) in [5.41, 5.74) is 6.42. The number of carbonyl (C=O) groups excluding carboxylic acids is 2. The van der Waals surface area contributed by atoms with Gasteiger partial charge in [0, 0.05) is 34.6 Å². The van der Waals surface area contributed by atoms with Gasteiger partial charge in [0.15, 0.2) is 0 Å². The molecular formula is C14H16ClN3O2S. The van der Waals surface area contributed by atoms with Crippen LogP contribution in [0.4, 0.5) is 5.69 Å². The zero-order chi connectivity index (χ0) is 15.4. The van der Waals surface area contributed by atoms with E-state index in [1.54, 1.807) is 12.1 Å². The van der Waals surface area contributed by atoms with Gasteiger partial charge in [-0.3, -0.25) is 9.59 Å². The van der Waals surface area contributed by atoms with Crippen molar-refractivity contribution in [2.24, 2.45) is 0 Å². The Balaban J connectivity index is 2.06. The van der Waals surface area contributed by atoms with Crippen LogP contribution in [0.1, 0.15) is 23.0 Å². The van der Waals surface area contributed by atoms with Gasteiger partial charge in [0.2, 0.25) is 5.91 Å². The lowest BCUT2D eigenvalue weighted by Gasteiger charge is -2.04. The topological polar surface area (TPSA) is 84.2 Å². The third kappa shape index (κ3) is 3.65. The lowest BCUT2D eigenvalue weighted by molar-refractivity contribution is -0.120. The van der Waals surface area contributed by atoms with Crippen LogP contribution in [0.5, 0.6) is 0 Å².